The van der Waals surface area contributed by atoms with Crippen molar-refractivity contribution < 1.29 is 36.8 Å². The highest BCUT2D eigenvalue weighted by molar-refractivity contribution is 6.62. The largest absolute Gasteiger partial charge is 0.518 e. The smallest absolute Gasteiger partial charge is 0.391 e. The first-order valence-corrected chi connectivity index (χ1v) is 13.9. The van der Waals surface area contributed by atoms with Crippen molar-refractivity contribution in [2.45, 2.75) is 69.6 Å². The second kappa shape index (κ2) is 13.6. The predicted molar refractivity (Wildman–Crippen MR) is 119 cm³/mol. The Morgan fingerprint density at radius 1 is 0.700 bits per heavy atom. The van der Waals surface area contributed by atoms with Gasteiger partial charge in [-0.15, -0.1) is 0 Å². The SMILES string of the molecule is CCC(NCC(NC(CC)[Si](OC)(OC)OC)(C(C)O)C(C)O)[Si](OC)(OC)OC. The molecule has 0 saturated carbocycles. The highest BCUT2D eigenvalue weighted by atomic mass is 28.4. The van der Waals surface area contributed by atoms with Crippen LogP contribution in [-0.4, -0.2) is 106 Å². The van der Waals surface area contributed by atoms with E-state index in [-0.39, 0.29) is 17.9 Å². The molecule has 0 aliphatic heterocycles. The lowest BCUT2D eigenvalue weighted by Crippen LogP contribution is -2.74. The van der Waals surface area contributed by atoms with Gasteiger partial charge in [-0.1, -0.05) is 13.8 Å². The molecule has 0 saturated heterocycles. The summed E-state index contributed by atoms with van der Waals surface area (Å²) < 4.78 is 33.8. The molecule has 10 nitrogen and oxygen atoms in total. The Morgan fingerprint density at radius 3 is 1.30 bits per heavy atom. The minimum atomic E-state index is -3.10. The van der Waals surface area contributed by atoms with Crippen LogP contribution >= 0.6 is 0 Å². The molecule has 30 heavy (non-hydrogen) atoms. The number of hydrogen-bond acceptors (Lipinski definition) is 10. The molecule has 0 spiro atoms. The van der Waals surface area contributed by atoms with Gasteiger partial charge in [0.25, 0.3) is 0 Å². The summed E-state index contributed by atoms with van der Waals surface area (Å²) in [5.41, 5.74) is -1.74. The molecular weight excluding hydrogens is 428 g/mol. The van der Waals surface area contributed by atoms with Gasteiger partial charge < -0.3 is 42.1 Å². The number of nitrogens with one attached hydrogen (secondary N) is 2. The minimum absolute atomic E-state index is 0.212. The van der Waals surface area contributed by atoms with E-state index < -0.39 is 35.4 Å². The molecule has 0 aliphatic carbocycles. The second-order valence-electron chi connectivity index (χ2n) is 7.27. The van der Waals surface area contributed by atoms with E-state index in [0.29, 0.717) is 12.8 Å². The third-order valence-electron chi connectivity index (χ3n) is 5.95. The Morgan fingerprint density at radius 2 is 1.03 bits per heavy atom. The van der Waals surface area contributed by atoms with E-state index in [1.807, 2.05) is 13.8 Å². The van der Waals surface area contributed by atoms with E-state index in [2.05, 4.69) is 10.6 Å². The first-order valence-electron chi connectivity index (χ1n) is 10.3. The van der Waals surface area contributed by atoms with E-state index >= 15 is 0 Å². The van der Waals surface area contributed by atoms with Gasteiger partial charge in [-0.3, -0.25) is 5.32 Å². The molecule has 0 aliphatic rings. The molecule has 4 atom stereocenters. The normalized spacial score (nSPS) is 19.2. The van der Waals surface area contributed by atoms with Crippen LogP contribution in [0.3, 0.4) is 0 Å². The molecule has 182 valence electrons. The maximum atomic E-state index is 10.8. The van der Waals surface area contributed by atoms with Crippen LogP contribution in [-0.2, 0) is 26.6 Å². The first kappa shape index (κ1) is 30.0. The molecule has 4 unspecified atom stereocenters. The van der Waals surface area contributed by atoms with Crippen LogP contribution in [0.5, 0.6) is 0 Å². The summed E-state index contributed by atoms with van der Waals surface area (Å²) in [7, 11) is 3.20. The van der Waals surface area contributed by atoms with Crippen LogP contribution in [0.2, 0.25) is 0 Å². The Bertz CT molecular complexity index is 441. The zero-order chi connectivity index (χ0) is 23.6. The maximum Gasteiger partial charge on any atom is 0.518 e. The summed E-state index contributed by atoms with van der Waals surface area (Å²) in [6.07, 6.45) is -0.566. The lowest BCUT2D eigenvalue weighted by atomic mass is 9.87. The molecule has 0 amide bonds. The molecule has 0 aromatic rings. The molecule has 0 bridgehead atoms. The number of aliphatic hydroxyl groups excluding tert-OH is 2. The van der Waals surface area contributed by atoms with Crippen molar-refractivity contribution in [1.29, 1.82) is 0 Å². The van der Waals surface area contributed by atoms with E-state index in [1.165, 1.54) is 21.3 Å². The van der Waals surface area contributed by atoms with Crippen molar-refractivity contribution in [3.05, 3.63) is 0 Å². The topological polar surface area (TPSA) is 120 Å². The fourth-order valence-electron chi connectivity index (χ4n) is 3.87. The summed E-state index contributed by atoms with van der Waals surface area (Å²) in [5.74, 6) is 0. The third-order valence-corrected chi connectivity index (χ3v) is 12.2. The average Bonchev–Trinajstić information content (AvgIpc) is 2.75. The zero-order valence-electron chi connectivity index (χ0n) is 20.3. The molecule has 0 aromatic carbocycles. The van der Waals surface area contributed by atoms with Gasteiger partial charge >= 0.3 is 17.6 Å². The van der Waals surface area contributed by atoms with Crippen LogP contribution in [0.4, 0.5) is 0 Å². The van der Waals surface area contributed by atoms with Crippen LogP contribution in [0.15, 0.2) is 0 Å². The average molecular weight is 473 g/mol. The van der Waals surface area contributed by atoms with Crippen LogP contribution in [0.25, 0.3) is 0 Å². The summed E-state index contributed by atoms with van der Waals surface area (Å²) in [5, 5.41) is 28.3. The van der Waals surface area contributed by atoms with Gasteiger partial charge in [0.1, 0.15) is 0 Å². The fraction of sp³-hybridized carbons (Fsp3) is 1.00. The van der Waals surface area contributed by atoms with Gasteiger partial charge in [-0.2, -0.15) is 0 Å². The number of hydrogen-bond donors (Lipinski definition) is 4. The number of rotatable bonds is 17. The van der Waals surface area contributed by atoms with Crippen LogP contribution in [0.1, 0.15) is 40.5 Å². The standard InChI is InChI=1S/C18H44N2O8Si2/c1-11-16(29(23-5,24-6)25-7)19-13-18(14(3)21,15(4)22)20-17(12-2)30(26-8,27-9)28-10/h14-17,19-22H,11-13H2,1-10H3. The molecule has 4 N–H and O–H groups in total. The lowest BCUT2D eigenvalue weighted by Gasteiger charge is -2.46. The molecule has 0 heterocycles. The van der Waals surface area contributed by atoms with Crippen molar-refractivity contribution in [2.75, 3.05) is 49.2 Å². The van der Waals surface area contributed by atoms with Crippen LogP contribution < -0.4 is 10.6 Å². The summed E-state index contributed by atoms with van der Waals surface area (Å²) in [4.78, 5) is 0. The lowest BCUT2D eigenvalue weighted by molar-refractivity contribution is -0.0265. The van der Waals surface area contributed by atoms with Gasteiger partial charge in [0.15, 0.2) is 0 Å². The Hall–Kier alpha value is 0.0338. The molecule has 0 radical (unpaired) electrons. The van der Waals surface area contributed by atoms with Gasteiger partial charge in [-0.05, 0) is 26.7 Å². The minimum Gasteiger partial charge on any atom is -0.391 e. The zero-order valence-corrected chi connectivity index (χ0v) is 22.3. The van der Waals surface area contributed by atoms with Gasteiger partial charge in [0.2, 0.25) is 0 Å². The summed E-state index contributed by atoms with van der Waals surface area (Å²) in [6.45, 7) is 7.44. The molecule has 0 fully saturated rings. The fourth-order valence-corrected chi connectivity index (χ4v) is 8.37. The second-order valence-corrected chi connectivity index (χ2v) is 13.5. The maximum absolute atomic E-state index is 10.8. The van der Waals surface area contributed by atoms with Gasteiger partial charge in [-0.25, -0.2) is 0 Å². The van der Waals surface area contributed by atoms with Crippen molar-refractivity contribution in [2.24, 2.45) is 0 Å². The van der Waals surface area contributed by atoms with E-state index in [0.717, 1.165) is 0 Å². The highest BCUT2D eigenvalue weighted by Gasteiger charge is 2.53. The number of aliphatic hydroxyl groups is 2. The van der Waals surface area contributed by atoms with Crippen LogP contribution in [0, 0.1) is 0 Å². The van der Waals surface area contributed by atoms with Crippen molar-refractivity contribution in [1.82, 2.24) is 10.6 Å². The van der Waals surface area contributed by atoms with Crippen molar-refractivity contribution in [3.8, 4) is 0 Å². The Kier molecular flexibility index (Phi) is 13.6. The van der Waals surface area contributed by atoms with Crippen molar-refractivity contribution in [3.63, 3.8) is 0 Å². The Labute approximate surface area is 184 Å². The predicted octanol–water partition coefficient (Wildman–Crippen LogP) is 0.0578. The van der Waals surface area contributed by atoms with Gasteiger partial charge in [0, 0.05) is 49.2 Å². The first-order chi connectivity index (χ1) is 14.1. The highest BCUT2D eigenvalue weighted by Crippen LogP contribution is 2.24. The molecule has 0 rings (SSSR count). The summed E-state index contributed by atoms with van der Waals surface area (Å²) in [6, 6.07) is 0. The third kappa shape index (κ3) is 6.30. The van der Waals surface area contributed by atoms with Crippen molar-refractivity contribution >= 4 is 17.6 Å². The quantitative estimate of drug-likeness (QED) is 0.216. The molecule has 12 heteroatoms. The summed E-state index contributed by atoms with van der Waals surface area (Å²) >= 11 is 0. The molecule has 0 aromatic heterocycles. The molecular formula is C18H44N2O8Si2. The van der Waals surface area contributed by atoms with Gasteiger partial charge in [0.05, 0.1) is 29.1 Å². The Balaban J connectivity index is 6.00. The van der Waals surface area contributed by atoms with E-state index in [1.54, 1.807) is 35.2 Å². The van der Waals surface area contributed by atoms with E-state index in [4.69, 9.17) is 26.6 Å². The monoisotopic (exact) mass is 472 g/mol. The van der Waals surface area contributed by atoms with E-state index in [9.17, 15) is 10.2 Å².